The van der Waals surface area contributed by atoms with Gasteiger partial charge < -0.3 is 10.2 Å². The van der Waals surface area contributed by atoms with Gasteiger partial charge in [0.05, 0.1) is 24.7 Å². The van der Waals surface area contributed by atoms with Crippen molar-refractivity contribution in [2.45, 2.75) is 31.1 Å². The molecule has 0 aliphatic heterocycles. The fraction of sp³-hybridized carbons (Fsp3) is 0.189. The van der Waals surface area contributed by atoms with Crippen molar-refractivity contribution >= 4 is 80.5 Å². The number of hydrogen-bond donors (Lipinski definition) is 2. The molecule has 0 aliphatic carbocycles. The van der Waals surface area contributed by atoms with Crippen molar-refractivity contribution in [2.24, 2.45) is 0 Å². The minimum atomic E-state index is -3.70. The van der Waals surface area contributed by atoms with Gasteiger partial charge in [0.25, 0.3) is 10.1 Å². The lowest BCUT2D eigenvalue weighted by Gasteiger charge is -2.04. The van der Waals surface area contributed by atoms with Gasteiger partial charge in [-0.1, -0.05) is 89.2 Å². The van der Waals surface area contributed by atoms with Crippen molar-refractivity contribution in [3.8, 4) is 36.0 Å². The number of terminal acetylenes is 1. The summed E-state index contributed by atoms with van der Waals surface area (Å²) in [6.45, 7) is 2.18. The fourth-order valence-corrected chi connectivity index (χ4v) is 4.98. The van der Waals surface area contributed by atoms with Crippen LogP contribution in [0.3, 0.4) is 0 Å². The third-order valence-corrected chi connectivity index (χ3v) is 8.86. The Balaban J connectivity index is 0.000000367. The average Bonchev–Trinajstić information content (AvgIpc) is 3.06. The van der Waals surface area contributed by atoms with Gasteiger partial charge in [0.2, 0.25) is 0 Å². The standard InChI is InChI=1S/C17H15BrO3S.C10H9BrO.C6H4BrI.C4H6O/c1-14-5-11-17(12-6-14)22(19,20)21-13-3-2-4-15-7-9-16(18)10-8-15;11-10-6-4-9(5-7-10)3-1-2-8-12;7-5-1-3-6(8)4-2-5;1-2-3-4-5/h5-12H,3,13H2,1H3;4-7,12H,2,8H2;1-4H;1,5H,3-4H2. The highest BCUT2D eigenvalue weighted by Crippen LogP contribution is 2.14. The molecular formula is C37H34Br3IO5S. The summed E-state index contributed by atoms with van der Waals surface area (Å²) in [5.74, 6) is 13.9. The Morgan fingerprint density at radius 2 is 1.11 bits per heavy atom. The van der Waals surface area contributed by atoms with Gasteiger partial charge in [-0.25, -0.2) is 0 Å². The molecule has 47 heavy (non-hydrogen) atoms. The minimum Gasteiger partial charge on any atom is -0.395 e. The summed E-state index contributed by atoms with van der Waals surface area (Å²) < 4.78 is 33.3. The zero-order valence-corrected chi connectivity index (χ0v) is 33.3. The molecule has 0 atom stereocenters. The predicted octanol–water partition coefficient (Wildman–Crippen LogP) is 9.14. The van der Waals surface area contributed by atoms with Crippen LogP contribution < -0.4 is 0 Å². The minimum absolute atomic E-state index is 0.0414. The summed E-state index contributed by atoms with van der Waals surface area (Å²) in [5, 5.41) is 16.4. The van der Waals surface area contributed by atoms with Crippen molar-refractivity contribution in [1.82, 2.24) is 0 Å². The van der Waals surface area contributed by atoms with E-state index < -0.39 is 10.1 Å². The van der Waals surface area contributed by atoms with Crippen LogP contribution >= 0.6 is 70.4 Å². The van der Waals surface area contributed by atoms with Crippen LogP contribution in [0.1, 0.15) is 36.0 Å². The molecule has 0 spiro atoms. The lowest BCUT2D eigenvalue weighted by Crippen LogP contribution is -2.07. The van der Waals surface area contributed by atoms with E-state index in [4.69, 9.17) is 20.8 Å². The molecule has 0 unspecified atom stereocenters. The Kier molecular flexibility index (Phi) is 23.2. The summed E-state index contributed by atoms with van der Waals surface area (Å²) in [4.78, 5) is 0.166. The van der Waals surface area contributed by atoms with Crippen LogP contribution in [-0.2, 0) is 14.3 Å². The molecule has 0 saturated heterocycles. The second kappa shape index (κ2) is 25.6. The Bertz CT molecular complexity index is 1710. The highest BCUT2D eigenvalue weighted by Gasteiger charge is 2.13. The molecule has 0 heterocycles. The van der Waals surface area contributed by atoms with E-state index >= 15 is 0 Å². The molecule has 4 rings (SSSR count). The first-order valence-corrected chi connectivity index (χ1v) is 18.9. The number of hydrogen-bond acceptors (Lipinski definition) is 5. The SMILES string of the molecule is Brc1ccc(I)cc1.C#CCCO.Cc1ccc(S(=O)(=O)OCCC#Cc2ccc(Br)cc2)cc1.OCCC#Cc1ccc(Br)cc1. The molecule has 4 aromatic rings. The normalized spacial score (nSPS) is 9.57. The second-order valence-corrected chi connectivity index (χ2v) is 14.7. The third kappa shape index (κ3) is 21.2. The quantitative estimate of drug-likeness (QED) is 0.0873. The first kappa shape index (κ1) is 42.6. The van der Waals surface area contributed by atoms with Gasteiger partial charge in [-0.2, -0.15) is 8.42 Å². The van der Waals surface area contributed by atoms with Gasteiger partial charge in [-0.05, 0) is 114 Å². The van der Waals surface area contributed by atoms with Gasteiger partial charge in [0, 0.05) is 47.4 Å². The van der Waals surface area contributed by atoms with Gasteiger partial charge >= 0.3 is 0 Å². The molecular weight excluding hydrogens is 923 g/mol. The second-order valence-electron chi connectivity index (χ2n) is 9.04. The number of aliphatic hydroxyl groups excluding tert-OH is 2. The molecule has 2 N–H and O–H groups in total. The molecule has 0 saturated carbocycles. The van der Waals surface area contributed by atoms with Crippen molar-refractivity contribution in [3.05, 3.63) is 131 Å². The highest BCUT2D eigenvalue weighted by molar-refractivity contribution is 14.1. The lowest BCUT2D eigenvalue weighted by molar-refractivity contribution is 0.304. The predicted molar refractivity (Wildman–Crippen MR) is 210 cm³/mol. The zero-order chi connectivity index (χ0) is 34.9. The van der Waals surface area contributed by atoms with E-state index in [1.807, 2.05) is 67.6 Å². The average molecular weight is 957 g/mol. The van der Waals surface area contributed by atoms with E-state index in [-0.39, 0.29) is 24.7 Å². The molecule has 4 aromatic carbocycles. The van der Waals surface area contributed by atoms with E-state index in [0.717, 1.165) is 30.1 Å². The van der Waals surface area contributed by atoms with Crippen molar-refractivity contribution in [3.63, 3.8) is 0 Å². The van der Waals surface area contributed by atoms with E-state index in [9.17, 15) is 8.42 Å². The fourth-order valence-electron chi connectivity index (χ4n) is 2.92. The number of halogens is 4. The summed E-state index contributed by atoms with van der Waals surface area (Å²) >= 11 is 12.3. The highest BCUT2D eigenvalue weighted by atomic mass is 127. The molecule has 0 radical (unpaired) electrons. The van der Waals surface area contributed by atoms with Crippen LogP contribution in [-0.4, -0.2) is 38.5 Å². The maximum absolute atomic E-state index is 11.9. The summed E-state index contributed by atoms with van der Waals surface area (Å²) in [6, 6.07) is 30.1. The van der Waals surface area contributed by atoms with Gasteiger partial charge in [-0.15, -0.1) is 12.3 Å². The van der Waals surface area contributed by atoms with E-state index in [1.54, 1.807) is 12.1 Å². The van der Waals surface area contributed by atoms with Gasteiger partial charge in [0.15, 0.2) is 0 Å². The van der Waals surface area contributed by atoms with Crippen molar-refractivity contribution in [2.75, 3.05) is 19.8 Å². The number of rotatable bonds is 6. The van der Waals surface area contributed by atoms with Crippen molar-refractivity contribution < 1.29 is 22.8 Å². The van der Waals surface area contributed by atoms with Gasteiger partial charge in [0.1, 0.15) is 0 Å². The topological polar surface area (TPSA) is 83.8 Å². The maximum Gasteiger partial charge on any atom is 0.297 e. The Morgan fingerprint density at radius 1 is 0.681 bits per heavy atom. The Labute approximate surface area is 318 Å². The molecule has 5 nitrogen and oxygen atoms in total. The summed E-state index contributed by atoms with van der Waals surface area (Å²) in [5.41, 5.74) is 2.86. The van der Waals surface area contributed by atoms with Gasteiger partial charge in [-0.3, -0.25) is 4.18 Å². The summed E-state index contributed by atoms with van der Waals surface area (Å²) in [6.07, 6.45) is 6.09. The lowest BCUT2D eigenvalue weighted by atomic mass is 10.2. The van der Waals surface area contributed by atoms with Crippen LogP contribution in [0.4, 0.5) is 0 Å². The van der Waals surface area contributed by atoms with Crippen LogP contribution in [0.25, 0.3) is 0 Å². The smallest absolute Gasteiger partial charge is 0.297 e. The number of benzene rings is 4. The number of aliphatic hydroxyl groups is 2. The maximum atomic E-state index is 11.9. The zero-order valence-electron chi connectivity index (χ0n) is 25.6. The molecule has 0 amide bonds. The summed E-state index contributed by atoms with van der Waals surface area (Å²) in [7, 11) is -3.70. The molecule has 0 aromatic heterocycles. The Hall–Kier alpha value is -2.44. The molecule has 0 bridgehead atoms. The largest absolute Gasteiger partial charge is 0.395 e. The first-order chi connectivity index (χ1) is 22.5. The van der Waals surface area contributed by atoms with Crippen LogP contribution in [0.15, 0.2) is 115 Å². The van der Waals surface area contributed by atoms with Crippen LogP contribution in [0, 0.1) is 46.5 Å². The van der Waals surface area contributed by atoms with Crippen LogP contribution in [0.5, 0.6) is 0 Å². The molecule has 246 valence electrons. The van der Waals surface area contributed by atoms with E-state index in [2.05, 4.69) is 112 Å². The monoisotopic (exact) mass is 954 g/mol. The third-order valence-electron chi connectivity index (χ3n) is 5.23. The first-order valence-electron chi connectivity index (χ1n) is 14.0. The number of aryl methyl sites for hydroxylation is 1. The molecule has 0 fully saturated rings. The van der Waals surface area contributed by atoms with E-state index in [1.165, 1.54) is 15.7 Å². The molecule has 0 aliphatic rings. The van der Waals surface area contributed by atoms with Crippen molar-refractivity contribution in [1.29, 1.82) is 0 Å². The van der Waals surface area contributed by atoms with E-state index in [0.29, 0.717) is 19.3 Å². The van der Waals surface area contributed by atoms with Crippen LogP contribution in [0.2, 0.25) is 0 Å². The molecule has 10 heteroatoms. The Morgan fingerprint density at radius 3 is 1.49 bits per heavy atom.